The predicted octanol–water partition coefficient (Wildman–Crippen LogP) is 3.66. The molecular formula is C28H33F2N5O4. The molecular weight excluding hydrogens is 508 g/mol. The Hall–Kier alpha value is -3.60. The average Bonchev–Trinajstić information content (AvgIpc) is 3.65. The zero-order chi connectivity index (χ0) is 27.8. The number of aromatic amines is 1. The zero-order valence-corrected chi connectivity index (χ0v) is 22.2. The molecule has 0 saturated heterocycles. The molecule has 2 saturated carbocycles. The van der Waals surface area contributed by atoms with E-state index < -0.39 is 42.0 Å². The molecule has 2 aromatic heterocycles. The number of hydrogen-bond acceptors (Lipinski definition) is 6. The number of halogens is 2. The number of benzene rings is 1. The molecule has 4 N–H and O–H groups in total. The molecule has 3 unspecified atom stereocenters. The highest BCUT2D eigenvalue weighted by atomic mass is 19.1. The van der Waals surface area contributed by atoms with Crippen molar-refractivity contribution < 1.29 is 28.2 Å². The van der Waals surface area contributed by atoms with Gasteiger partial charge in [-0.2, -0.15) is 0 Å². The number of alkyl halides is 1. The van der Waals surface area contributed by atoms with Crippen LogP contribution in [-0.4, -0.2) is 62.8 Å². The summed E-state index contributed by atoms with van der Waals surface area (Å²) in [5, 5.41) is 14.8. The highest BCUT2D eigenvalue weighted by molar-refractivity contribution is 6.09. The molecule has 5 rings (SSSR count). The lowest BCUT2D eigenvalue weighted by Crippen LogP contribution is -2.51. The molecule has 0 aliphatic heterocycles. The molecule has 208 valence electrons. The van der Waals surface area contributed by atoms with E-state index in [9.17, 15) is 19.1 Å². The van der Waals surface area contributed by atoms with E-state index in [4.69, 9.17) is 4.74 Å². The maximum absolute atomic E-state index is 15.5. The monoisotopic (exact) mass is 541 g/mol. The van der Waals surface area contributed by atoms with Crippen LogP contribution in [0.2, 0.25) is 0 Å². The topological polar surface area (TPSA) is 129 Å². The van der Waals surface area contributed by atoms with Gasteiger partial charge in [-0.25, -0.2) is 18.7 Å². The Labute approximate surface area is 224 Å². The number of hydrogen-bond donors (Lipinski definition) is 4. The van der Waals surface area contributed by atoms with Gasteiger partial charge in [-0.05, 0) is 64.0 Å². The number of aliphatic hydroxyl groups excluding tert-OH is 1. The Morgan fingerprint density at radius 1 is 1.18 bits per heavy atom. The van der Waals surface area contributed by atoms with Crippen LogP contribution in [0.3, 0.4) is 0 Å². The number of H-pyrrole nitrogens is 1. The zero-order valence-electron chi connectivity index (χ0n) is 22.2. The molecule has 1 aromatic carbocycles. The van der Waals surface area contributed by atoms with E-state index in [-0.39, 0.29) is 17.5 Å². The minimum absolute atomic E-state index is 0.0222. The number of aryl methyl sites for hydroxylation is 2. The third kappa shape index (κ3) is 5.59. The molecule has 0 bridgehead atoms. The van der Waals surface area contributed by atoms with Crippen molar-refractivity contribution in [1.29, 1.82) is 0 Å². The number of nitrogens with zero attached hydrogens (tertiary/aromatic N) is 2. The molecule has 2 aliphatic carbocycles. The van der Waals surface area contributed by atoms with Crippen molar-refractivity contribution in [3.8, 4) is 17.0 Å². The SMILES string of the molecule is Cc1ccc(OCC2CC2)c(-c2ncnc3c(C(=O)NC4CCC(NC(=O)[C@H](C)O)C(F)C4)c(C)[nH]c23)c1F. The van der Waals surface area contributed by atoms with Crippen LogP contribution in [0.15, 0.2) is 18.5 Å². The van der Waals surface area contributed by atoms with Crippen LogP contribution >= 0.6 is 0 Å². The van der Waals surface area contributed by atoms with E-state index in [0.29, 0.717) is 59.1 Å². The summed E-state index contributed by atoms with van der Waals surface area (Å²) in [5.74, 6) is -0.640. The molecule has 39 heavy (non-hydrogen) atoms. The van der Waals surface area contributed by atoms with Gasteiger partial charge in [-0.1, -0.05) is 6.07 Å². The Morgan fingerprint density at radius 3 is 2.64 bits per heavy atom. The fourth-order valence-electron chi connectivity index (χ4n) is 5.05. The molecule has 0 radical (unpaired) electrons. The first kappa shape index (κ1) is 27.0. The molecule has 4 atom stereocenters. The minimum Gasteiger partial charge on any atom is -0.492 e. The maximum atomic E-state index is 15.5. The third-order valence-corrected chi connectivity index (χ3v) is 7.52. The quantitative estimate of drug-likeness (QED) is 0.345. The molecule has 2 fully saturated rings. The third-order valence-electron chi connectivity index (χ3n) is 7.52. The van der Waals surface area contributed by atoms with Crippen molar-refractivity contribution in [2.45, 2.75) is 77.2 Å². The lowest BCUT2D eigenvalue weighted by Gasteiger charge is -2.32. The second kappa shape index (κ2) is 10.9. The van der Waals surface area contributed by atoms with Crippen molar-refractivity contribution in [3.63, 3.8) is 0 Å². The smallest absolute Gasteiger partial charge is 0.255 e. The first-order valence-corrected chi connectivity index (χ1v) is 13.3. The van der Waals surface area contributed by atoms with Crippen molar-refractivity contribution in [3.05, 3.63) is 41.1 Å². The number of carbonyl (C=O) groups excluding carboxylic acids is 2. The van der Waals surface area contributed by atoms with E-state index >= 15 is 4.39 Å². The lowest BCUT2D eigenvalue weighted by atomic mass is 9.89. The van der Waals surface area contributed by atoms with Gasteiger partial charge in [0, 0.05) is 18.2 Å². The molecule has 2 heterocycles. The van der Waals surface area contributed by atoms with E-state index in [1.165, 1.54) is 13.3 Å². The second-order valence-corrected chi connectivity index (χ2v) is 10.7. The van der Waals surface area contributed by atoms with Crippen LogP contribution in [0.1, 0.15) is 60.6 Å². The standard InChI is InChI=1S/C28H33F2N5O4/c1-13-4-9-20(39-11-16-5-6-16)22(23(13)30)25-26-24(31-12-32-25)21(14(2)33-26)28(38)34-17-7-8-19(18(29)10-17)35-27(37)15(3)36/h4,9,12,15-19,33,36H,5-8,10-11H2,1-3H3,(H,34,38)(H,35,37)/t15-,17?,18?,19?/m0/s1. The minimum atomic E-state index is -1.37. The van der Waals surface area contributed by atoms with Gasteiger partial charge in [-0.3, -0.25) is 9.59 Å². The summed E-state index contributed by atoms with van der Waals surface area (Å²) in [7, 11) is 0. The van der Waals surface area contributed by atoms with E-state index in [1.807, 2.05) is 0 Å². The van der Waals surface area contributed by atoms with Gasteiger partial charge in [0.2, 0.25) is 5.91 Å². The van der Waals surface area contributed by atoms with Crippen molar-refractivity contribution in [2.24, 2.45) is 5.92 Å². The number of carbonyl (C=O) groups is 2. The summed E-state index contributed by atoms with van der Waals surface area (Å²) in [4.78, 5) is 37.0. The van der Waals surface area contributed by atoms with Gasteiger partial charge in [0.1, 0.15) is 41.4 Å². The van der Waals surface area contributed by atoms with Crippen molar-refractivity contribution in [1.82, 2.24) is 25.6 Å². The first-order chi connectivity index (χ1) is 18.6. The number of aliphatic hydroxyl groups is 1. The Morgan fingerprint density at radius 2 is 1.95 bits per heavy atom. The largest absolute Gasteiger partial charge is 0.492 e. The van der Waals surface area contributed by atoms with Crippen molar-refractivity contribution in [2.75, 3.05) is 6.61 Å². The fraction of sp³-hybridized carbons (Fsp3) is 0.500. The summed E-state index contributed by atoms with van der Waals surface area (Å²) >= 11 is 0. The van der Waals surface area contributed by atoms with Gasteiger partial charge < -0.3 is 25.5 Å². The second-order valence-electron chi connectivity index (χ2n) is 10.7. The summed E-state index contributed by atoms with van der Waals surface area (Å²) in [6, 6.07) is 2.24. The highest BCUT2D eigenvalue weighted by Crippen LogP contribution is 2.39. The molecule has 0 spiro atoms. The number of rotatable bonds is 8. The van der Waals surface area contributed by atoms with Gasteiger partial charge in [-0.15, -0.1) is 0 Å². The molecule has 2 aliphatic rings. The summed E-state index contributed by atoms with van der Waals surface area (Å²) in [6.45, 7) is 5.21. The fourth-order valence-corrected chi connectivity index (χ4v) is 5.05. The van der Waals surface area contributed by atoms with Crippen LogP contribution in [-0.2, 0) is 4.79 Å². The van der Waals surface area contributed by atoms with Crippen LogP contribution < -0.4 is 15.4 Å². The number of ether oxygens (including phenoxy) is 1. The number of aromatic nitrogens is 3. The summed E-state index contributed by atoms with van der Waals surface area (Å²) in [6.07, 6.45) is 1.68. The highest BCUT2D eigenvalue weighted by Gasteiger charge is 2.34. The average molecular weight is 542 g/mol. The lowest BCUT2D eigenvalue weighted by molar-refractivity contribution is -0.130. The van der Waals surface area contributed by atoms with Crippen LogP contribution in [0.5, 0.6) is 5.75 Å². The Balaban J connectivity index is 1.39. The van der Waals surface area contributed by atoms with Crippen molar-refractivity contribution >= 4 is 22.8 Å². The molecule has 3 aromatic rings. The van der Waals surface area contributed by atoms with E-state index in [0.717, 1.165) is 12.8 Å². The first-order valence-electron chi connectivity index (χ1n) is 13.3. The van der Waals surface area contributed by atoms with Gasteiger partial charge >= 0.3 is 0 Å². The number of nitrogens with one attached hydrogen (secondary N) is 3. The number of fused-ring (bicyclic) bond motifs is 1. The molecule has 11 heteroatoms. The predicted molar refractivity (Wildman–Crippen MR) is 141 cm³/mol. The van der Waals surface area contributed by atoms with E-state index in [1.54, 1.807) is 26.0 Å². The Kier molecular flexibility index (Phi) is 7.53. The Bertz CT molecular complexity index is 1400. The molecule has 2 amide bonds. The number of amides is 2. The normalized spacial score (nSPS) is 21.9. The molecule has 9 nitrogen and oxygen atoms in total. The van der Waals surface area contributed by atoms with Crippen LogP contribution in [0, 0.1) is 25.6 Å². The van der Waals surface area contributed by atoms with Crippen LogP contribution in [0.4, 0.5) is 8.78 Å². The van der Waals surface area contributed by atoms with Gasteiger partial charge in [0.25, 0.3) is 5.91 Å². The van der Waals surface area contributed by atoms with Crippen LogP contribution in [0.25, 0.3) is 22.3 Å². The summed E-state index contributed by atoms with van der Waals surface area (Å²) < 4.78 is 36.2. The van der Waals surface area contributed by atoms with Gasteiger partial charge in [0.05, 0.1) is 29.3 Å². The summed E-state index contributed by atoms with van der Waals surface area (Å²) in [5.41, 5.74) is 2.50. The van der Waals surface area contributed by atoms with Gasteiger partial charge in [0.15, 0.2) is 0 Å². The van der Waals surface area contributed by atoms with E-state index in [2.05, 4.69) is 25.6 Å². The maximum Gasteiger partial charge on any atom is 0.255 e.